The molecule has 0 spiro atoms. The first-order chi connectivity index (χ1) is 11.8. The van der Waals surface area contributed by atoms with Crippen LogP contribution in [0.1, 0.15) is 17.7 Å². The molecule has 1 aliphatic heterocycles. The number of guanidine groups is 1. The number of nitrogens with zero attached hydrogens (tertiary/aromatic N) is 3. The van der Waals surface area contributed by atoms with E-state index in [1.807, 2.05) is 36.2 Å². The number of hydrogen-bond acceptors (Lipinski definition) is 5. The zero-order chi connectivity index (χ0) is 16.8. The highest BCUT2D eigenvalue weighted by Crippen LogP contribution is 2.30. The molecule has 0 amide bonds. The zero-order valence-electron chi connectivity index (χ0n) is 14.0. The maximum absolute atomic E-state index is 5.73. The monoisotopic (exact) mass is 330 g/mol. The Labute approximate surface area is 141 Å². The van der Waals surface area contributed by atoms with Crippen molar-refractivity contribution < 1.29 is 14.0 Å². The van der Waals surface area contributed by atoms with Gasteiger partial charge in [0.2, 0.25) is 0 Å². The number of hydrogen-bond donors (Lipinski definition) is 1. The van der Waals surface area contributed by atoms with Gasteiger partial charge in [-0.1, -0.05) is 11.2 Å². The summed E-state index contributed by atoms with van der Waals surface area (Å²) in [7, 11) is 3.72. The zero-order valence-corrected chi connectivity index (χ0v) is 14.0. The third-order valence-electron chi connectivity index (χ3n) is 3.73. The Kier molecular flexibility index (Phi) is 5.20. The summed E-state index contributed by atoms with van der Waals surface area (Å²) in [5.74, 6) is 2.40. The summed E-state index contributed by atoms with van der Waals surface area (Å²) in [6.45, 7) is 2.65. The Morgan fingerprint density at radius 3 is 2.83 bits per heavy atom. The van der Waals surface area contributed by atoms with Crippen LogP contribution in [0.25, 0.3) is 0 Å². The Bertz CT molecular complexity index is 685. The molecule has 0 saturated carbocycles. The van der Waals surface area contributed by atoms with E-state index in [0.29, 0.717) is 26.3 Å². The van der Waals surface area contributed by atoms with Crippen molar-refractivity contribution in [1.82, 2.24) is 15.4 Å². The smallest absolute Gasteiger partial charge is 0.194 e. The molecule has 0 radical (unpaired) electrons. The Balaban J connectivity index is 1.60. The molecule has 0 unspecified atom stereocenters. The minimum atomic E-state index is 0.622. The van der Waals surface area contributed by atoms with Crippen LogP contribution in [-0.2, 0) is 13.1 Å². The van der Waals surface area contributed by atoms with Crippen LogP contribution in [0.5, 0.6) is 11.5 Å². The molecule has 0 fully saturated rings. The average molecular weight is 330 g/mol. The second-order valence-corrected chi connectivity index (χ2v) is 5.58. The second-order valence-electron chi connectivity index (χ2n) is 5.58. The predicted octanol–water partition coefficient (Wildman–Crippen LogP) is 2.04. The van der Waals surface area contributed by atoms with Gasteiger partial charge in [-0.25, -0.2) is 0 Å². The van der Waals surface area contributed by atoms with Crippen LogP contribution in [0.2, 0.25) is 0 Å². The fourth-order valence-corrected chi connectivity index (χ4v) is 2.52. The normalized spacial score (nSPS) is 14.2. The van der Waals surface area contributed by atoms with Gasteiger partial charge in [0.15, 0.2) is 17.5 Å². The third kappa shape index (κ3) is 3.98. The quantitative estimate of drug-likeness (QED) is 0.683. The molecular weight excluding hydrogens is 308 g/mol. The first kappa shape index (κ1) is 16.2. The number of nitrogens with one attached hydrogen (secondary N) is 1. The lowest BCUT2D eigenvalue weighted by Gasteiger charge is -2.21. The van der Waals surface area contributed by atoms with Gasteiger partial charge < -0.3 is 24.2 Å². The third-order valence-corrected chi connectivity index (χ3v) is 3.73. The van der Waals surface area contributed by atoms with Crippen LogP contribution < -0.4 is 14.8 Å². The Hall–Kier alpha value is -2.70. The fraction of sp³-hybridized carbons (Fsp3) is 0.412. The summed E-state index contributed by atoms with van der Waals surface area (Å²) in [4.78, 5) is 6.29. The molecule has 0 saturated heterocycles. The molecule has 24 heavy (non-hydrogen) atoms. The van der Waals surface area contributed by atoms with Crippen molar-refractivity contribution >= 4 is 5.96 Å². The van der Waals surface area contributed by atoms with Gasteiger partial charge in [-0.2, -0.15) is 0 Å². The van der Waals surface area contributed by atoms with Gasteiger partial charge in [0.25, 0.3) is 0 Å². The van der Waals surface area contributed by atoms with E-state index in [1.165, 1.54) is 0 Å². The first-order valence-corrected chi connectivity index (χ1v) is 7.96. The van der Waals surface area contributed by atoms with E-state index < -0.39 is 0 Å². The van der Waals surface area contributed by atoms with Crippen molar-refractivity contribution in [3.05, 3.63) is 41.8 Å². The maximum atomic E-state index is 5.73. The van der Waals surface area contributed by atoms with E-state index in [4.69, 9.17) is 14.0 Å². The van der Waals surface area contributed by atoms with Crippen LogP contribution in [0.3, 0.4) is 0 Å². The average Bonchev–Trinajstić information content (AvgIpc) is 2.98. The molecule has 128 valence electrons. The molecule has 0 bridgehead atoms. The van der Waals surface area contributed by atoms with Crippen molar-refractivity contribution in [3.8, 4) is 11.5 Å². The highest BCUT2D eigenvalue weighted by Gasteiger charge is 2.12. The number of rotatable bonds is 4. The molecule has 1 aliphatic rings. The number of fused-ring (bicyclic) bond motifs is 1. The number of ether oxygens (including phenoxy) is 2. The van der Waals surface area contributed by atoms with Gasteiger partial charge in [-0.3, -0.25) is 4.99 Å². The van der Waals surface area contributed by atoms with Crippen LogP contribution in [-0.4, -0.2) is 43.3 Å². The topological polar surface area (TPSA) is 72.1 Å². The van der Waals surface area contributed by atoms with Crippen LogP contribution in [0.4, 0.5) is 0 Å². The van der Waals surface area contributed by atoms with Gasteiger partial charge in [0.1, 0.15) is 12.0 Å². The van der Waals surface area contributed by atoms with Crippen LogP contribution in [0, 0.1) is 0 Å². The van der Waals surface area contributed by atoms with Crippen molar-refractivity contribution in [1.29, 1.82) is 0 Å². The molecule has 7 nitrogen and oxygen atoms in total. The SMILES string of the molecule is CN=C(NCc1ccc2c(c1)OCCCO2)N(C)Cc1ccon1. The summed E-state index contributed by atoms with van der Waals surface area (Å²) in [5, 5.41) is 7.26. The minimum Gasteiger partial charge on any atom is -0.490 e. The van der Waals surface area contributed by atoms with Gasteiger partial charge in [-0.15, -0.1) is 0 Å². The summed E-state index contributed by atoms with van der Waals surface area (Å²) in [6, 6.07) is 7.84. The molecule has 0 aliphatic carbocycles. The fourth-order valence-electron chi connectivity index (χ4n) is 2.52. The summed E-state index contributed by atoms with van der Waals surface area (Å²) in [6.07, 6.45) is 2.47. The second kappa shape index (κ2) is 7.72. The molecule has 2 aromatic rings. The Morgan fingerprint density at radius 2 is 2.08 bits per heavy atom. The van der Waals surface area contributed by atoms with Crippen molar-refractivity contribution in [2.24, 2.45) is 4.99 Å². The molecule has 1 aromatic carbocycles. The minimum absolute atomic E-state index is 0.622. The van der Waals surface area contributed by atoms with Gasteiger partial charge in [-0.05, 0) is 17.7 Å². The van der Waals surface area contributed by atoms with E-state index >= 15 is 0 Å². The highest BCUT2D eigenvalue weighted by atomic mass is 16.5. The number of aliphatic imine (C=N–C) groups is 1. The molecule has 1 N–H and O–H groups in total. The van der Waals surface area contributed by atoms with Crippen LogP contribution in [0.15, 0.2) is 40.0 Å². The molecule has 2 heterocycles. The summed E-state index contributed by atoms with van der Waals surface area (Å²) in [5.41, 5.74) is 1.96. The number of aromatic nitrogens is 1. The lowest BCUT2D eigenvalue weighted by atomic mass is 10.2. The lowest BCUT2D eigenvalue weighted by Crippen LogP contribution is -2.38. The van der Waals surface area contributed by atoms with Crippen molar-refractivity contribution in [2.75, 3.05) is 27.3 Å². The maximum Gasteiger partial charge on any atom is 0.194 e. The standard InChI is InChI=1S/C17H22N4O3/c1-18-17(21(2)12-14-6-9-24-20-14)19-11-13-4-5-15-16(10-13)23-8-3-7-22-15/h4-6,9-10H,3,7-8,11-12H2,1-2H3,(H,18,19). The number of benzene rings is 1. The molecule has 0 atom stereocenters. The lowest BCUT2D eigenvalue weighted by molar-refractivity contribution is 0.297. The van der Waals surface area contributed by atoms with E-state index in [0.717, 1.165) is 35.1 Å². The first-order valence-electron chi connectivity index (χ1n) is 7.96. The predicted molar refractivity (Wildman–Crippen MR) is 90.2 cm³/mol. The highest BCUT2D eigenvalue weighted by molar-refractivity contribution is 5.79. The van der Waals surface area contributed by atoms with Crippen molar-refractivity contribution in [3.63, 3.8) is 0 Å². The summed E-state index contributed by atoms with van der Waals surface area (Å²) < 4.78 is 16.2. The molecular formula is C17H22N4O3. The van der Waals surface area contributed by atoms with Crippen molar-refractivity contribution in [2.45, 2.75) is 19.5 Å². The van der Waals surface area contributed by atoms with E-state index in [2.05, 4.69) is 15.5 Å². The molecule has 3 rings (SSSR count). The van der Waals surface area contributed by atoms with E-state index in [9.17, 15) is 0 Å². The Morgan fingerprint density at radius 1 is 1.25 bits per heavy atom. The largest absolute Gasteiger partial charge is 0.490 e. The molecule has 1 aromatic heterocycles. The van der Waals surface area contributed by atoms with Gasteiger partial charge >= 0.3 is 0 Å². The van der Waals surface area contributed by atoms with Crippen LogP contribution >= 0.6 is 0 Å². The van der Waals surface area contributed by atoms with E-state index in [1.54, 1.807) is 13.3 Å². The van der Waals surface area contributed by atoms with Gasteiger partial charge in [0, 0.05) is 33.1 Å². The van der Waals surface area contributed by atoms with E-state index in [-0.39, 0.29) is 0 Å². The van der Waals surface area contributed by atoms with Gasteiger partial charge in [0.05, 0.1) is 19.8 Å². The summed E-state index contributed by atoms with van der Waals surface area (Å²) >= 11 is 0. The molecule has 7 heteroatoms.